The number of amidine groups is 2. The van der Waals surface area contributed by atoms with Gasteiger partial charge in [-0.3, -0.25) is 4.99 Å². The van der Waals surface area contributed by atoms with Crippen LogP contribution in [0.5, 0.6) is 0 Å². The molecule has 324 valence electrons. The van der Waals surface area contributed by atoms with E-state index >= 15 is 0 Å². The third-order valence-corrected chi connectivity index (χ3v) is 14.9. The Labute approximate surface area is 398 Å². The Balaban J connectivity index is 0.896. The van der Waals surface area contributed by atoms with Crippen LogP contribution in [0.1, 0.15) is 51.2 Å². The van der Waals surface area contributed by atoms with E-state index in [1.165, 1.54) is 64.6 Å². The first kappa shape index (κ1) is 40.1. The molecule has 7 heteroatoms. The molecule has 1 unspecified atom stereocenters. The standard InChI is InChI=1S/C61H44N6S/c1-38-32-33-52-55(48-29-13-15-31-50(48)67(52)46-27-17-25-44(37-46)61-64-59(41-20-8-4-9-21-41)63-60(65-61)42-22-10-5-11-23-42)58(38)68-53-35-34-51-54(39(53)2)47-28-12-14-30-49(47)66(51)45-26-16-24-43(36-45)57-56(62-57)40-18-6-3-7-19-40/h3-37,57,59H,1-2H3,(H,63,64,65)/t57-,59?/m0/s1. The van der Waals surface area contributed by atoms with Crippen molar-refractivity contribution < 1.29 is 0 Å². The van der Waals surface area contributed by atoms with Crippen LogP contribution in [0.3, 0.4) is 0 Å². The number of benzene rings is 9. The normalized spacial score (nSPS) is 15.6. The number of aliphatic imine (C=N–C) groups is 3. The van der Waals surface area contributed by atoms with Crippen molar-refractivity contribution in [3.63, 3.8) is 0 Å². The van der Waals surface area contributed by atoms with Gasteiger partial charge in [0, 0.05) is 53.8 Å². The fourth-order valence-electron chi connectivity index (χ4n) is 10.2. The van der Waals surface area contributed by atoms with Crippen LogP contribution in [0.4, 0.5) is 0 Å². The van der Waals surface area contributed by atoms with Crippen LogP contribution in [-0.4, -0.2) is 26.5 Å². The third kappa shape index (κ3) is 6.77. The number of fused-ring (bicyclic) bond motifs is 6. The lowest BCUT2D eigenvalue weighted by molar-refractivity contribution is 0.674. The molecule has 2 aromatic heterocycles. The van der Waals surface area contributed by atoms with Gasteiger partial charge in [0.05, 0.1) is 27.8 Å². The van der Waals surface area contributed by atoms with Gasteiger partial charge in [-0.25, -0.2) is 9.98 Å². The molecular weight excluding hydrogens is 849 g/mol. The van der Waals surface area contributed by atoms with E-state index in [1.807, 2.05) is 36.0 Å². The Morgan fingerprint density at radius 3 is 1.78 bits per heavy atom. The first-order chi connectivity index (χ1) is 33.6. The van der Waals surface area contributed by atoms with Gasteiger partial charge in [0.25, 0.3) is 0 Å². The quantitative estimate of drug-likeness (QED) is 0.157. The number of aryl methyl sites for hydroxylation is 2. The van der Waals surface area contributed by atoms with Crippen molar-refractivity contribution in [1.29, 1.82) is 0 Å². The molecule has 6 nitrogen and oxygen atoms in total. The van der Waals surface area contributed by atoms with Crippen molar-refractivity contribution in [2.45, 2.75) is 35.8 Å². The Morgan fingerprint density at radius 2 is 1.04 bits per heavy atom. The van der Waals surface area contributed by atoms with Crippen LogP contribution in [0, 0.1) is 13.8 Å². The second-order valence-electron chi connectivity index (χ2n) is 17.7. The molecule has 0 fully saturated rings. The van der Waals surface area contributed by atoms with Gasteiger partial charge < -0.3 is 14.5 Å². The van der Waals surface area contributed by atoms with Crippen LogP contribution in [0.15, 0.2) is 237 Å². The second kappa shape index (κ2) is 16.3. The van der Waals surface area contributed by atoms with E-state index in [2.05, 4.69) is 216 Å². The molecule has 68 heavy (non-hydrogen) atoms. The molecule has 1 N–H and O–H groups in total. The molecule has 0 aliphatic carbocycles. The lowest BCUT2D eigenvalue weighted by atomic mass is 10.0. The summed E-state index contributed by atoms with van der Waals surface area (Å²) in [6.45, 7) is 4.54. The van der Waals surface area contributed by atoms with Crippen molar-refractivity contribution in [2.75, 3.05) is 0 Å². The number of hydrogen-bond acceptors (Lipinski definition) is 5. The fraction of sp³-hybridized carbons (Fsp3) is 0.0656. The molecule has 0 radical (unpaired) electrons. The molecule has 2 aliphatic heterocycles. The molecule has 2 atom stereocenters. The number of para-hydroxylation sites is 2. The van der Waals surface area contributed by atoms with E-state index in [1.54, 1.807) is 0 Å². The van der Waals surface area contributed by atoms with Gasteiger partial charge in [0.15, 0.2) is 5.84 Å². The van der Waals surface area contributed by atoms with Crippen LogP contribution in [-0.2, 0) is 0 Å². The zero-order chi connectivity index (χ0) is 45.3. The summed E-state index contributed by atoms with van der Waals surface area (Å²) in [5.74, 6) is 1.50. The molecule has 0 saturated heterocycles. The predicted octanol–water partition coefficient (Wildman–Crippen LogP) is 14.7. The van der Waals surface area contributed by atoms with Gasteiger partial charge >= 0.3 is 0 Å². The van der Waals surface area contributed by atoms with Crippen LogP contribution in [0.2, 0.25) is 0 Å². The van der Waals surface area contributed by atoms with E-state index in [4.69, 9.17) is 15.0 Å². The summed E-state index contributed by atoms with van der Waals surface area (Å²) in [6.07, 6.45) is -0.278. The summed E-state index contributed by atoms with van der Waals surface area (Å²) in [5, 5.41) is 8.68. The molecule has 9 aromatic carbocycles. The van der Waals surface area contributed by atoms with Crippen molar-refractivity contribution in [2.24, 2.45) is 15.0 Å². The van der Waals surface area contributed by atoms with Crippen molar-refractivity contribution >= 4 is 72.8 Å². The van der Waals surface area contributed by atoms with E-state index < -0.39 is 0 Å². The summed E-state index contributed by atoms with van der Waals surface area (Å²) < 4.78 is 4.84. The van der Waals surface area contributed by atoms with Gasteiger partial charge in [-0.05, 0) is 96.3 Å². The van der Waals surface area contributed by atoms with E-state index in [9.17, 15) is 0 Å². The topological polar surface area (TPSA) is 59.0 Å². The molecule has 0 bridgehead atoms. The van der Waals surface area contributed by atoms with Crippen molar-refractivity contribution in [3.8, 4) is 11.4 Å². The van der Waals surface area contributed by atoms with E-state index in [0.717, 1.165) is 50.6 Å². The maximum absolute atomic E-state index is 5.15. The van der Waals surface area contributed by atoms with Crippen molar-refractivity contribution in [1.82, 2.24) is 14.5 Å². The van der Waals surface area contributed by atoms with Crippen LogP contribution >= 0.6 is 11.8 Å². The van der Waals surface area contributed by atoms with Crippen LogP contribution < -0.4 is 5.32 Å². The molecule has 2 aliphatic rings. The van der Waals surface area contributed by atoms with Gasteiger partial charge in [-0.2, -0.15) is 0 Å². The zero-order valence-corrected chi connectivity index (χ0v) is 38.3. The highest BCUT2D eigenvalue weighted by Gasteiger charge is 2.31. The number of aromatic nitrogens is 2. The van der Waals surface area contributed by atoms with E-state index in [0.29, 0.717) is 5.84 Å². The highest BCUT2D eigenvalue weighted by molar-refractivity contribution is 7.99. The molecule has 0 spiro atoms. The molecule has 0 amide bonds. The Kier molecular flexibility index (Phi) is 9.58. The van der Waals surface area contributed by atoms with Gasteiger partial charge in [0.1, 0.15) is 18.0 Å². The Hall–Kier alpha value is -8.26. The zero-order valence-electron chi connectivity index (χ0n) is 37.5. The van der Waals surface area contributed by atoms with Gasteiger partial charge in [0.2, 0.25) is 0 Å². The minimum absolute atomic E-state index is 0.0927. The molecule has 11 aromatic rings. The van der Waals surface area contributed by atoms with Crippen LogP contribution in [0.25, 0.3) is 55.0 Å². The molecule has 13 rings (SSSR count). The maximum Gasteiger partial charge on any atom is 0.159 e. The average Bonchev–Trinajstić information content (AvgIpc) is 4.04. The Bertz CT molecular complexity index is 3880. The summed E-state index contributed by atoms with van der Waals surface area (Å²) in [4.78, 5) is 17.7. The summed E-state index contributed by atoms with van der Waals surface area (Å²) in [5.41, 5.74) is 16.1. The number of nitrogens with one attached hydrogen (secondary N) is 1. The molecule has 0 saturated carbocycles. The number of hydrogen-bond donors (Lipinski definition) is 1. The highest BCUT2D eigenvalue weighted by atomic mass is 32.2. The Morgan fingerprint density at radius 1 is 0.471 bits per heavy atom. The monoisotopic (exact) mass is 892 g/mol. The summed E-state index contributed by atoms with van der Waals surface area (Å²) in [7, 11) is 0. The SMILES string of the molecule is Cc1ccc2c(c1Sc1ccc3c(c1C)c1ccccc1n3-c1cccc([C@@H]3N=C3c3ccccc3)c1)c1ccccc1n2-c1cccc(C2=NC(c3ccccc3)=NC(c3ccccc3)N2)c1. The minimum atomic E-state index is -0.278. The highest BCUT2D eigenvalue weighted by Crippen LogP contribution is 2.46. The lowest BCUT2D eigenvalue weighted by Gasteiger charge is -2.24. The van der Waals surface area contributed by atoms with Gasteiger partial charge in [-0.15, -0.1) is 0 Å². The molecular formula is C61H44N6S. The number of rotatable bonds is 9. The largest absolute Gasteiger partial charge is 0.344 e. The van der Waals surface area contributed by atoms with Gasteiger partial charge in [-0.1, -0.05) is 169 Å². The average molecular weight is 893 g/mol. The fourth-order valence-corrected chi connectivity index (χ4v) is 11.3. The summed E-state index contributed by atoms with van der Waals surface area (Å²) in [6, 6.07) is 75.8. The van der Waals surface area contributed by atoms with E-state index in [-0.39, 0.29) is 12.2 Å². The molecule has 4 heterocycles. The lowest BCUT2D eigenvalue weighted by Crippen LogP contribution is -2.33. The maximum atomic E-state index is 5.15. The predicted molar refractivity (Wildman–Crippen MR) is 283 cm³/mol. The second-order valence-corrected chi connectivity index (χ2v) is 18.7. The van der Waals surface area contributed by atoms with Crippen molar-refractivity contribution in [3.05, 3.63) is 251 Å². The first-order valence-corrected chi connectivity index (χ1v) is 24.0. The minimum Gasteiger partial charge on any atom is -0.344 e. The first-order valence-electron chi connectivity index (χ1n) is 23.2. The number of nitrogens with zero attached hydrogens (tertiary/aromatic N) is 5. The summed E-state index contributed by atoms with van der Waals surface area (Å²) >= 11 is 1.88. The smallest absolute Gasteiger partial charge is 0.159 e. The third-order valence-electron chi connectivity index (χ3n) is 13.5.